The molecule has 0 aliphatic carbocycles. The van der Waals surface area contributed by atoms with Gasteiger partial charge in [-0.25, -0.2) is 9.78 Å². The van der Waals surface area contributed by atoms with Crippen LogP contribution in [-0.2, 0) is 0 Å². The van der Waals surface area contributed by atoms with Gasteiger partial charge < -0.3 is 4.42 Å². The SMILES string of the molecule is O=c1oc(-c2cccs2)nc2sccc12. The molecule has 0 saturated carbocycles. The van der Waals surface area contributed by atoms with E-state index in [0.29, 0.717) is 11.3 Å². The van der Waals surface area contributed by atoms with Gasteiger partial charge in [0.2, 0.25) is 5.89 Å². The van der Waals surface area contributed by atoms with Crippen molar-refractivity contribution in [3.8, 4) is 10.8 Å². The molecule has 0 aromatic carbocycles. The molecule has 0 spiro atoms. The van der Waals surface area contributed by atoms with Gasteiger partial charge in [-0.3, -0.25) is 0 Å². The van der Waals surface area contributed by atoms with Gasteiger partial charge in [0, 0.05) is 0 Å². The minimum atomic E-state index is -0.315. The Morgan fingerprint density at radius 2 is 2.13 bits per heavy atom. The second-order valence-electron chi connectivity index (χ2n) is 2.92. The van der Waals surface area contributed by atoms with Crippen LogP contribution < -0.4 is 5.63 Å². The molecular weight excluding hydrogens is 230 g/mol. The fourth-order valence-electron chi connectivity index (χ4n) is 1.31. The van der Waals surface area contributed by atoms with E-state index in [2.05, 4.69) is 4.98 Å². The minimum absolute atomic E-state index is 0.315. The van der Waals surface area contributed by atoms with Crippen LogP contribution in [0.5, 0.6) is 0 Å². The van der Waals surface area contributed by atoms with Crippen molar-refractivity contribution in [2.45, 2.75) is 0 Å². The lowest BCUT2D eigenvalue weighted by Crippen LogP contribution is -1.99. The van der Waals surface area contributed by atoms with Crippen LogP contribution in [0.1, 0.15) is 0 Å². The molecule has 0 aliphatic heterocycles. The summed E-state index contributed by atoms with van der Waals surface area (Å²) in [5, 5.41) is 4.32. The zero-order valence-electron chi connectivity index (χ0n) is 7.47. The van der Waals surface area contributed by atoms with Gasteiger partial charge in [-0.05, 0) is 22.9 Å². The molecule has 3 aromatic rings. The number of rotatable bonds is 1. The van der Waals surface area contributed by atoms with Gasteiger partial charge in [-0.2, -0.15) is 0 Å². The smallest absolute Gasteiger partial charge is 0.348 e. The minimum Gasteiger partial charge on any atom is -0.402 e. The largest absolute Gasteiger partial charge is 0.402 e. The molecule has 3 nitrogen and oxygen atoms in total. The van der Waals surface area contributed by atoms with E-state index in [1.807, 2.05) is 22.9 Å². The number of nitrogens with zero attached hydrogens (tertiary/aromatic N) is 1. The maximum Gasteiger partial charge on any atom is 0.348 e. The first kappa shape index (κ1) is 8.82. The molecule has 0 saturated heterocycles. The summed E-state index contributed by atoms with van der Waals surface area (Å²) in [7, 11) is 0. The molecule has 74 valence electrons. The predicted octanol–water partition coefficient (Wildman–Crippen LogP) is 2.98. The Hall–Kier alpha value is -1.46. The molecule has 0 aliphatic rings. The van der Waals surface area contributed by atoms with Crippen LogP contribution in [0.15, 0.2) is 38.2 Å². The number of fused-ring (bicyclic) bond motifs is 1. The summed E-state index contributed by atoms with van der Waals surface area (Å²) in [6, 6.07) is 5.52. The Bertz CT molecular complexity index is 651. The van der Waals surface area contributed by atoms with E-state index in [1.165, 1.54) is 22.7 Å². The average Bonchev–Trinajstić information content (AvgIpc) is 2.88. The van der Waals surface area contributed by atoms with Crippen molar-refractivity contribution >= 4 is 32.9 Å². The fraction of sp³-hybridized carbons (Fsp3) is 0. The van der Waals surface area contributed by atoms with Crippen molar-refractivity contribution in [3.05, 3.63) is 39.4 Å². The Labute approximate surface area is 92.6 Å². The van der Waals surface area contributed by atoms with E-state index in [9.17, 15) is 4.79 Å². The first-order valence-electron chi connectivity index (χ1n) is 4.27. The molecule has 15 heavy (non-hydrogen) atoms. The third-order valence-corrected chi connectivity index (χ3v) is 3.65. The maximum absolute atomic E-state index is 11.6. The van der Waals surface area contributed by atoms with Crippen LogP contribution in [0.4, 0.5) is 0 Å². The van der Waals surface area contributed by atoms with Gasteiger partial charge in [0.15, 0.2) is 0 Å². The molecule has 0 radical (unpaired) electrons. The summed E-state index contributed by atoms with van der Waals surface area (Å²) in [5.74, 6) is 0.407. The molecular formula is C10H5NO2S2. The monoisotopic (exact) mass is 235 g/mol. The third-order valence-electron chi connectivity index (χ3n) is 1.99. The van der Waals surface area contributed by atoms with Crippen molar-refractivity contribution in [2.75, 3.05) is 0 Å². The van der Waals surface area contributed by atoms with Crippen molar-refractivity contribution in [3.63, 3.8) is 0 Å². The Morgan fingerprint density at radius 1 is 1.20 bits per heavy atom. The van der Waals surface area contributed by atoms with Gasteiger partial charge in [-0.1, -0.05) is 6.07 Å². The summed E-state index contributed by atoms with van der Waals surface area (Å²) in [6.45, 7) is 0. The van der Waals surface area contributed by atoms with E-state index < -0.39 is 0 Å². The second-order valence-corrected chi connectivity index (χ2v) is 4.77. The van der Waals surface area contributed by atoms with E-state index in [-0.39, 0.29) is 5.63 Å². The standard InChI is InChI=1S/C10H5NO2S2/c12-10-6-3-5-15-9(6)11-8(13-10)7-2-1-4-14-7/h1-5H. The van der Waals surface area contributed by atoms with E-state index in [0.717, 1.165) is 9.71 Å². The van der Waals surface area contributed by atoms with E-state index >= 15 is 0 Å². The van der Waals surface area contributed by atoms with Gasteiger partial charge in [-0.15, -0.1) is 22.7 Å². The molecule has 0 bridgehead atoms. The summed E-state index contributed by atoms with van der Waals surface area (Å²) in [5.41, 5.74) is -0.315. The lowest BCUT2D eigenvalue weighted by atomic mass is 10.4. The molecule has 0 atom stereocenters. The molecule has 3 rings (SSSR count). The highest BCUT2D eigenvalue weighted by Crippen LogP contribution is 2.24. The first-order valence-corrected chi connectivity index (χ1v) is 6.03. The third kappa shape index (κ3) is 1.40. The van der Waals surface area contributed by atoms with Gasteiger partial charge in [0.05, 0.1) is 10.3 Å². The highest BCUT2D eigenvalue weighted by Gasteiger charge is 2.09. The highest BCUT2D eigenvalue weighted by atomic mass is 32.1. The normalized spacial score (nSPS) is 10.9. The topological polar surface area (TPSA) is 43.1 Å². The highest BCUT2D eigenvalue weighted by molar-refractivity contribution is 7.16. The van der Waals surface area contributed by atoms with Gasteiger partial charge >= 0.3 is 5.63 Å². The van der Waals surface area contributed by atoms with Crippen molar-refractivity contribution < 1.29 is 4.42 Å². The Balaban J connectivity index is 2.34. The molecule has 0 amide bonds. The van der Waals surface area contributed by atoms with E-state index in [1.54, 1.807) is 6.07 Å². The number of hydrogen-bond acceptors (Lipinski definition) is 5. The van der Waals surface area contributed by atoms with Gasteiger partial charge in [0.1, 0.15) is 4.83 Å². The molecule has 3 heterocycles. The Kier molecular flexibility index (Phi) is 1.93. The fourth-order valence-corrected chi connectivity index (χ4v) is 2.70. The number of hydrogen-bond donors (Lipinski definition) is 0. The first-order chi connectivity index (χ1) is 7.34. The van der Waals surface area contributed by atoms with Crippen LogP contribution >= 0.6 is 22.7 Å². The average molecular weight is 235 g/mol. The van der Waals surface area contributed by atoms with Crippen LogP contribution in [0.25, 0.3) is 21.0 Å². The quantitative estimate of drug-likeness (QED) is 0.651. The zero-order valence-corrected chi connectivity index (χ0v) is 9.10. The lowest BCUT2D eigenvalue weighted by molar-refractivity contribution is 0.520. The number of aromatic nitrogens is 1. The molecule has 0 N–H and O–H groups in total. The van der Waals surface area contributed by atoms with Crippen LogP contribution in [0.2, 0.25) is 0 Å². The summed E-state index contributed by atoms with van der Waals surface area (Å²) >= 11 is 2.95. The molecule has 5 heteroatoms. The Morgan fingerprint density at radius 3 is 2.93 bits per heavy atom. The molecule has 3 aromatic heterocycles. The zero-order chi connectivity index (χ0) is 10.3. The summed E-state index contributed by atoms with van der Waals surface area (Å²) in [6.07, 6.45) is 0. The summed E-state index contributed by atoms with van der Waals surface area (Å²) < 4.78 is 5.14. The van der Waals surface area contributed by atoms with Crippen LogP contribution in [0.3, 0.4) is 0 Å². The van der Waals surface area contributed by atoms with Gasteiger partial charge in [0.25, 0.3) is 0 Å². The van der Waals surface area contributed by atoms with Crippen molar-refractivity contribution in [2.24, 2.45) is 0 Å². The molecule has 0 unspecified atom stereocenters. The van der Waals surface area contributed by atoms with Crippen LogP contribution in [0, 0.1) is 0 Å². The second kappa shape index (κ2) is 3.29. The van der Waals surface area contributed by atoms with Crippen molar-refractivity contribution in [1.29, 1.82) is 0 Å². The van der Waals surface area contributed by atoms with Crippen LogP contribution in [-0.4, -0.2) is 4.98 Å². The van der Waals surface area contributed by atoms with E-state index in [4.69, 9.17) is 4.42 Å². The van der Waals surface area contributed by atoms with Crippen molar-refractivity contribution in [1.82, 2.24) is 4.98 Å². The summed E-state index contributed by atoms with van der Waals surface area (Å²) in [4.78, 5) is 17.5. The predicted molar refractivity (Wildman–Crippen MR) is 61.5 cm³/mol. The maximum atomic E-state index is 11.6. The lowest BCUT2D eigenvalue weighted by Gasteiger charge is -1.94. The number of thiophene rings is 2. The molecule has 0 fully saturated rings.